The van der Waals surface area contributed by atoms with E-state index in [-0.39, 0.29) is 10.8 Å². The molecule has 0 amide bonds. The van der Waals surface area contributed by atoms with Gasteiger partial charge in [-0.05, 0) is 0 Å². The molecule has 40 heavy (non-hydrogen) atoms. The van der Waals surface area contributed by atoms with Crippen molar-refractivity contribution in [1.29, 1.82) is 0 Å². The number of benzene rings is 2. The van der Waals surface area contributed by atoms with E-state index in [2.05, 4.69) is 149 Å². The maximum absolute atomic E-state index is 12.9. The number of hydrogen-bond acceptors (Lipinski definition) is 3. The minimum absolute atomic E-state index is 0.156. The molecule has 0 bridgehead atoms. The Labute approximate surface area is 247 Å². The van der Waals surface area contributed by atoms with Gasteiger partial charge in [0.2, 0.25) is 0 Å². The van der Waals surface area contributed by atoms with Crippen molar-refractivity contribution in [3.05, 3.63) is 57.6 Å². The minimum atomic E-state index is -5.76. The summed E-state index contributed by atoms with van der Waals surface area (Å²) in [5.41, 5.74) is 3.25. The van der Waals surface area contributed by atoms with Crippen LogP contribution in [-0.4, -0.2) is 14.7 Å². The van der Waals surface area contributed by atoms with Gasteiger partial charge in [-0.15, -0.1) is 0 Å². The maximum atomic E-state index is 12.9. The van der Waals surface area contributed by atoms with Crippen LogP contribution in [-0.2, 0) is 32.5 Å². The van der Waals surface area contributed by atoms with E-state index in [0.717, 1.165) is 33.4 Å². The van der Waals surface area contributed by atoms with Gasteiger partial charge in [-0.3, -0.25) is 0 Å². The predicted molar refractivity (Wildman–Crippen MR) is 178 cm³/mol. The summed E-state index contributed by atoms with van der Waals surface area (Å²) in [6.07, 6.45) is 0. The molecule has 0 atom stereocenters. The predicted octanol–water partition coefficient (Wildman–Crippen LogP) is 8.70. The van der Waals surface area contributed by atoms with E-state index in [0.29, 0.717) is 10.6 Å². The molecule has 3 N–H and O–H groups in total. The molecule has 4 heteroatoms. The van der Waals surface area contributed by atoms with Gasteiger partial charge >= 0.3 is 247 Å². The van der Waals surface area contributed by atoms with Crippen LogP contribution in [0.5, 0.6) is 0 Å². The molecule has 0 aliphatic rings. The standard InChI is InChI=1S/C36H61O3P/c1-31(2,3)23-19-25(33(7,8)9)29(26(20-23)34(10,11)12)40(37,38,39)30-27(35(13,14)15)21-24(32(4,5)6)22-28(30)36(16,17)18/h19-22,37-39H,1-18H3. The van der Waals surface area contributed by atoms with E-state index in [1.54, 1.807) is 0 Å². The fourth-order valence-electron chi connectivity index (χ4n) is 5.42. The Kier molecular flexibility index (Phi) is 8.42. The molecule has 2 rings (SSSR count). The molecule has 2 aromatic rings. The summed E-state index contributed by atoms with van der Waals surface area (Å²) in [5, 5.41) is 0.608. The fourth-order valence-corrected chi connectivity index (χ4v) is 9.02. The second-order valence-electron chi connectivity index (χ2n) is 18.3. The van der Waals surface area contributed by atoms with Gasteiger partial charge in [-0.2, -0.15) is 0 Å². The van der Waals surface area contributed by atoms with Crippen molar-refractivity contribution < 1.29 is 14.7 Å². The molecular weight excluding hydrogens is 511 g/mol. The van der Waals surface area contributed by atoms with Crippen LogP contribution in [0.25, 0.3) is 0 Å². The molecule has 0 aliphatic heterocycles. The summed E-state index contributed by atoms with van der Waals surface area (Å²) in [7, 11) is -5.76. The van der Waals surface area contributed by atoms with Crippen LogP contribution in [0.15, 0.2) is 24.3 Å². The molecule has 2 aromatic carbocycles. The Morgan fingerprint density at radius 2 is 0.525 bits per heavy atom. The third kappa shape index (κ3) is 6.86. The summed E-state index contributed by atoms with van der Waals surface area (Å²) in [5.74, 6) is 0. The van der Waals surface area contributed by atoms with Crippen LogP contribution in [0, 0.1) is 0 Å². The van der Waals surface area contributed by atoms with Crippen LogP contribution >= 0.6 is 7.28 Å². The molecule has 3 nitrogen and oxygen atoms in total. The van der Waals surface area contributed by atoms with Crippen LogP contribution < -0.4 is 10.6 Å². The Balaban J connectivity index is 3.45. The van der Waals surface area contributed by atoms with Crippen molar-refractivity contribution in [1.82, 2.24) is 0 Å². The second-order valence-corrected chi connectivity index (χ2v) is 21.2. The van der Waals surface area contributed by atoms with E-state index < -0.39 is 28.9 Å². The third-order valence-corrected chi connectivity index (χ3v) is 10.6. The van der Waals surface area contributed by atoms with E-state index in [9.17, 15) is 14.7 Å². The molecule has 0 saturated heterocycles. The Morgan fingerprint density at radius 3 is 0.650 bits per heavy atom. The number of hydrogen-bond donors (Lipinski definition) is 3. The van der Waals surface area contributed by atoms with E-state index in [1.165, 1.54) is 0 Å². The zero-order valence-electron chi connectivity index (χ0n) is 29.1. The van der Waals surface area contributed by atoms with Gasteiger partial charge in [-0.25, -0.2) is 0 Å². The van der Waals surface area contributed by atoms with Gasteiger partial charge in [0.15, 0.2) is 0 Å². The first-order valence-corrected chi connectivity index (χ1v) is 17.0. The van der Waals surface area contributed by atoms with Gasteiger partial charge < -0.3 is 0 Å². The summed E-state index contributed by atoms with van der Waals surface area (Å²) in [6, 6.07) is 8.41. The van der Waals surface area contributed by atoms with Crippen molar-refractivity contribution in [2.24, 2.45) is 0 Å². The van der Waals surface area contributed by atoms with Crippen LogP contribution in [0.1, 0.15) is 158 Å². The van der Waals surface area contributed by atoms with Crippen molar-refractivity contribution >= 4 is 17.9 Å². The summed E-state index contributed by atoms with van der Waals surface area (Å²) in [6.45, 7) is 38.2. The monoisotopic (exact) mass is 572 g/mol. The van der Waals surface area contributed by atoms with Gasteiger partial charge in [0.25, 0.3) is 0 Å². The van der Waals surface area contributed by atoms with Crippen molar-refractivity contribution in [3.8, 4) is 0 Å². The molecule has 0 fully saturated rings. The summed E-state index contributed by atoms with van der Waals surface area (Å²) < 4.78 is 0. The Hall–Kier alpha value is -1.25. The zero-order valence-corrected chi connectivity index (χ0v) is 30.0. The van der Waals surface area contributed by atoms with Crippen molar-refractivity contribution in [3.63, 3.8) is 0 Å². The first-order chi connectivity index (χ1) is 17.2. The average molecular weight is 573 g/mol. The quantitative estimate of drug-likeness (QED) is 0.316. The topological polar surface area (TPSA) is 60.7 Å². The molecule has 0 aromatic heterocycles. The van der Waals surface area contributed by atoms with Gasteiger partial charge in [0, 0.05) is 0 Å². The van der Waals surface area contributed by atoms with Gasteiger partial charge in [0.1, 0.15) is 0 Å². The number of rotatable bonds is 2. The fraction of sp³-hybridized carbons (Fsp3) is 0.667. The van der Waals surface area contributed by atoms with Gasteiger partial charge in [-0.1, -0.05) is 0 Å². The second kappa shape index (κ2) is 9.63. The van der Waals surface area contributed by atoms with Crippen LogP contribution in [0.2, 0.25) is 0 Å². The molecule has 0 heterocycles. The van der Waals surface area contributed by atoms with Gasteiger partial charge in [0.05, 0.1) is 0 Å². The molecule has 0 unspecified atom stereocenters. The Bertz CT molecular complexity index is 1100. The van der Waals surface area contributed by atoms with Crippen LogP contribution in [0.3, 0.4) is 0 Å². The average Bonchev–Trinajstić information content (AvgIpc) is 2.67. The van der Waals surface area contributed by atoms with Crippen LogP contribution in [0.4, 0.5) is 0 Å². The molecule has 0 saturated carbocycles. The van der Waals surface area contributed by atoms with E-state index >= 15 is 0 Å². The molecule has 0 aliphatic carbocycles. The molecule has 0 spiro atoms. The SMILES string of the molecule is CC(C)(C)c1cc(C(C)(C)C)c(P(O)(O)(O)c2c(C(C)(C)C)cc(C(C)(C)C)cc2C(C)(C)C)c(C(C)(C)C)c1. The van der Waals surface area contributed by atoms with Crippen molar-refractivity contribution in [2.45, 2.75) is 157 Å². The summed E-state index contributed by atoms with van der Waals surface area (Å²) in [4.78, 5) is 38.8. The zero-order chi connectivity index (χ0) is 31.9. The van der Waals surface area contributed by atoms with E-state index in [4.69, 9.17) is 0 Å². The molecule has 228 valence electrons. The first kappa shape index (κ1) is 34.9. The first-order valence-electron chi connectivity index (χ1n) is 14.9. The molecule has 0 radical (unpaired) electrons. The van der Waals surface area contributed by atoms with Crippen molar-refractivity contribution in [2.75, 3.05) is 0 Å². The Morgan fingerprint density at radius 1 is 0.350 bits per heavy atom. The third-order valence-electron chi connectivity index (χ3n) is 8.01. The normalized spacial score (nSPS) is 15.7. The summed E-state index contributed by atoms with van der Waals surface area (Å²) >= 11 is 0. The molecular formula is C36H61O3P. The van der Waals surface area contributed by atoms with E-state index in [1.807, 2.05) is 0 Å².